The van der Waals surface area contributed by atoms with E-state index in [-0.39, 0.29) is 5.57 Å². The number of benzene rings is 2. The molecular formula is C22H22O6. The molecule has 0 spiro atoms. The molecule has 6 heteroatoms. The van der Waals surface area contributed by atoms with Crippen LogP contribution in [0.1, 0.15) is 31.1 Å². The summed E-state index contributed by atoms with van der Waals surface area (Å²) in [5.41, 5.74) is 1.43. The van der Waals surface area contributed by atoms with Gasteiger partial charge in [0.1, 0.15) is 23.5 Å². The minimum atomic E-state index is -1.11. The van der Waals surface area contributed by atoms with E-state index in [1.54, 1.807) is 54.6 Å². The second-order valence-corrected chi connectivity index (χ2v) is 6.25. The van der Waals surface area contributed by atoms with Crippen LogP contribution in [-0.2, 0) is 14.3 Å². The molecule has 0 radical (unpaired) electrons. The van der Waals surface area contributed by atoms with Gasteiger partial charge in [-0.3, -0.25) is 4.79 Å². The molecule has 1 aliphatic heterocycles. The van der Waals surface area contributed by atoms with Crippen molar-refractivity contribution in [3.8, 4) is 11.5 Å². The number of hydrogen-bond donors (Lipinski definition) is 1. The van der Waals surface area contributed by atoms with Gasteiger partial charge in [0.25, 0.3) is 0 Å². The van der Waals surface area contributed by atoms with Gasteiger partial charge in [0, 0.05) is 0 Å². The first kappa shape index (κ1) is 19.5. The molecule has 1 saturated heterocycles. The lowest BCUT2D eigenvalue weighted by atomic mass is 9.90. The standard InChI is InChI=1S/C22H22O6/c1-3-26-16-9-5-14(6-10-16)13-18-19(21(23)24)20(28-22(18)25)15-7-11-17(12-8-15)27-4-2/h5-13,19-20H,3-4H2,1-2H3,(H,23,24)/b18-13+/t19-,20+/m1/s1. The topological polar surface area (TPSA) is 82.1 Å². The number of rotatable bonds is 7. The molecule has 0 saturated carbocycles. The van der Waals surface area contributed by atoms with E-state index in [1.807, 2.05) is 13.8 Å². The van der Waals surface area contributed by atoms with E-state index in [2.05, 4.69) is 0 Å². The molecule has 3 rings (SSSR count). The van der Waals surface area contributed by atoms with E-state index in [1.165, 1.54) is 0 Å². The van der Waals surface area contributed by atoms with Gasteiger partial charge in [-0.1, -0.05) is 24.3 Å². The summed E-state index contributed by atoms with van der Waals surface area (Å²) in [5.74, 6) is -1.44. The van der Waals surface area contributed by atoms with Crippen LogP contribution in [0.15, 0.2) is 54.1 Å². The Kier molecular flexibility index (Phi) is 5.99. The third kappa shape index (κ3) is 4.17. The molecule has 6 nitrogen and oxygen atoms in total. The number of aliphatic carboxylic acids is 1. The van der Waals surface area contributed by atoms with Crippen LogP contribution in [0.4, 0.5) is 0 Å². The van der Waals surface area contributed by atoms with Crippen molar-refractivity contribution in [3.05, 3.63) is 65.2 Å². The van der Waals surface area contributed by atoms with Crippen molar-refractivity contribution in [2.45, 2.75) is 20.0 Å². The van der Waals surface area contributed by atoms with E-state index >= 15 is 0 Å². The molecule has 2 atom stereocenters. The van der Waals surface area contributed by atoms with Crippen LogP contribution in [0.2, 0.25) is 0 Å². The summed E-state index contributed by atoms with van der Waals surface area (Å²) in [6.45, 7) is 4.86. The molecule has 2 aromatic rings. The Balaban J connectivity index is 1.89. The third-order valence-corrected chi connectivity index (χ3v) is 4.41. The number of carbonyl (C=O) groups is 2. The van der Waals surface area contributed by atoms with Crippen LogP contribution in [-0.4, -0.2) is 30.3 Å². The molecule has 0 aromatic heterocycles. The summed E-state index contributed by atoms with van der Waals surface area (Å²) in [6.07, 6.45) is 0.681. The van der Waals surface area contributed by atoms with Crippen molar-refractivity contribution in [2.75, 3.05) is 13.2 Å². The van der Waals surface area contributed by atoms with Crippen LogP contribution in [0.25, 0.3) is 6.08 Å². The number of esters is 1. The van der Waals surface area contributed by atoms with Crippen molar-refractivity contribution in [3.63, 3.8) is 0 Å². The highest BCUT2D eigenvalue weighted by Crippen LogP contribution is 2.40. The molecule has 1 N–H and O–H groups in total. The first-order valence-electron chi connectivity index (χ1n) is 9.14. The monoisotopic (exact) mass is 382 g/mol. The molecule has 0 aliphatic carbocycles. The Morgan fingerprint density at radius 2 is 1.54 bits per heavy atom. The van der Waals surface area contributed by atoms with Crippen molar-refractivity contribution >= 4 is 18.0 Å². The number of ether oxygens (including phenoxy) is 3. The maximum Gasteiger partial charge on any atom is 0.335 e. The van der Waals surface area contributed by atoms with Gasteiger partial charge < -0.3 is 19.3 Å². The average Bonchev–Trinajstić information content (AvgIpc) is 3.01. The van der Waals surface area contributed by atoms with E-state index in [0.29, 0.717) is 35.8 Å². The summed E-state index contributed by atoms with van der Waals surface area (Å²) < 4.78 is 16.2. The van der Waals surface area contributed by atoms with Gasteiger partial charge in [0.05, 0.1) is 18.8 Å². The molecule has 2 aromatic carbocycles. The Bertz CT molecular complexity index is 867. The summed E-state index contributed by atoms with van der Waals surface area (Å²) in [7, 11) is 0. The largest absolute Gasteiger partial charge is 0.494 e. The maximum atomic E-state index is 12.4. The molecule has 1 heterocycles. The molecule has 1 fully saturated rings. The van der Waals surface area contributed by atoms with Gasteiger partial charge in [0.2, 0.25) is 0 Å². The number of carbonyl (C=O) groups excluding carboxylic acids is 1. The molecule has 1 aliphatic rings. The zero-order valence-electron chi connectivity index (χ0n) is 15.8. The fourth-order valence-corrected chi connectivity index (χ4v) is 3.14. The summed E-state index contributed by atoms with van der Waals surface area (Å²) >= 11 is 0. The predicted molar refractivity (Wildman–Crippen MR) is 103 cm³/mol. The lowest BCUT2D eigenvalue weighted by molar-refractivity contribution is -0.144. The van der Waals surface area contributed by atoms with Crippen molar-refractivity contribution in [1.82, 2.24) is 0 Å². The number of carboxylic acids is 1. The van der Waals surface area contributed by atoms with Gasteiger partial charge in [-0.15, -0.1) is 0 Å². The Hall–Kier alpha value is -3.28. The molecule has 0 bridgehead atoms. The van der Waals surface area contributed by atoms with Gasteiger partial charge in [-0.05, 0) is 55.3 Å². The number of cyclic esters (lactones) is 1. The van der Waals surface area contributed by atoms with Crippen LogP contribution < -0.4 is 9.47 Å². The van der Waals surface area contributed by atoms with E-state index in [9.17, 15) is 14.7 Å². The average molecular weight is 382 g/mol. The zero-order chi connectivity index (χ0) is 20.1. The van der Waals surface area contributed by atoms with E-state index in [4.69, 9.17) is 14.2 Å². The van der Waals surface area contributed by atoms with Crippen molar-refractivity contribution in [1.29, 1.82) is 0 Å². The number of hydrogen-bond acceptors (Lipinski definition) is 5. The normalized spacial score (nSPS) is 20.1. The Morgan fingerprint density at radius 3 is 2.04 bits per heavy atom. The molecular weight excluding hydrogens is 360 g/mol. The molecule has 28 heavy (non-hydrogen) atoms. The van der Waals surface area contributed by atoms with E-state index < -0.39 is 24.0 Å². The summed E-state index contributed by atoms with van der Waals surface area (Å²) in [5, 5.41) is 9.75. The SMILES string of the molecule is CCOc1ccc(/C=C2/C(=O)O[C@@H](c3ccc(OCC)cc3)[C@@H]2C(=O)O)cc1. The second kappa shape index (κ2) is 8.61. The maximum absolute atomic E-state index is 12.4. The Morgan fingerprint density at radius 1 is 1.00 bits per heavy atom. The first-order chi connectivity index (χ1) is 13.5. The highest BCUT2D eigenvalue weighted by Gasteiger charge is 2.45. The quantitative estimate of drug-likeness (QED) is 0.578. The van der Waals surface area contributed by atoms with Gasteiger partial charge in [-0.2, -0.15) is 0 Å². The van der Waals surface area contributed by atoms with Crippen molar-refractivity contribution < 1.29 is 28.9 Å². The van der Waals surface area contributed by atoms with Crippen LogP contribution in [0.3, 0.4) is 0 Å². The predicted octanol–water partition coefficient (Wildman–Crippen LogP) is 3.87. The Labute approximate surface area is 163 Å². The van der Waals surface area contributed by atoms with Gasteiger partial charge >= 0.3 is 11.9 Å². The van der Waals surface area contributed by atoms with Gasteiger partial charge in [-0.25, -0.2) is 4.79 Å². The molecule has 0 unspecified atom stereocenters. The lowest BCUT2D eigenvalue weighted by Gasteiger charge is -2.15. The fraction of sp³-hybridized carbons (Fsp3) is 0.273. The van der Waals surface area contributed by atoms with Crippen LogP contribution in [0, 0.1) is 5.92 Å². The zero-order valence-corrected chi connectivity index (χ0v) is 15.8. The minimum absolute atomic E-state index is 0.121. The molecule has 0 amide bonds. The smallest absolute Gasteiger partial charge is 0.335 e. The molecule has 146 valence electrons. The second-order valence-electron chi connectivity index (χ2n) is 6.25. The van der Waals surface area contributed by atoms with E-state index in [0.717, 1.165) is 0 Å². The lowest BCUT2D eigenvalue weighted by Crippen LogP contribution is -2.19. The fourth-order valence-electron chi connectivity index (χ4n) is 3.14. The summed E-state index contributed by atoms with van der Waals surface area (Å²) in [4.78, 5) is 24.3. The minimum Gasteiger partial charge on any atom is -0.494 e. The van der Waals surface area contributed by atoms with Crippen molar-refractivity contribution in [2.24, 2.45) is 5.92 Å². The number of carboxylic acid groups (broad SMARTS) is 1. The third-order valence-electron chi connectivity index (χ3n) is 4.41. The highest BCUT2D eigenvalue weighted by atomic mass is 16.6. The van der Waals surface area contributed by atoms with Gasteiger partial charge in [0.15, 0.2) is 0 Å². The first-order valence-corrected chi connectivity index (χ1v) is 9.14. The van der Waals surface area contributed by atoms with Crippen LogP contribution >= 0.6 is 0 Å². The highest BCUT2D eigenvalue weighted by molar-refractivity contribution is 6.02. The summed E-state index contributed by atoms with van der Waals surface area (Å²) in [6, 6.07) is 14.0. The van der Waals surface area contributed by atoms with Crippen LogP contribution in [0.5, 0.6) is 11.5 Å².